The highest BCUT2D eigenvalue weighted by atomic mass is 16.7. The van der Waals surface area contributed by atoms with Gasteiger partial charge in [-0.15, -0.1) is 0 Å². The van der Waals surface area contributed by atoms with Crippen molar-refractivity contribution in [2.45, 2.75) is 25.9 Å². The number of benzene rings is 1. The van der Waals surface area contributed by atoms with Crippen LogP contribution in [0.4, 0.5) is 4.79 Å². The predicted octanol–water partition coefficient (Wildman–Crippen LogP) is 3.75. The molecule has 120 valence electrons. The number of nitrogens with zero attached hydrogens (tertiary/aromatic N) is 1. The molecule has 1 aromatic carbocycles. The topological polar surface area (TPSA) is 57.7 Å². The summed E-state index contributed by atoms with van der Waals surface area (Å²) in [6.45, 7) is 3.13. The standard InChI is InChI=1S/C18H19NO4/c1-13-4-5-14(15-3-2-8-19-12-15)11-17(13)23-18(20)22-16-6-9-21-10-7-16/h2-5,8,11-12,16H,6-7,9-10H2,1H3. The molecular formula is C18H19NO4. The third kappa shape index (κ3) is 4.07. The zero-order chi connectivity index (χ0) is 16.1. The van der Waals surface area contributed by atoms with Crippen LogP contribution in [0.5, 0.6) is 5.75 Å². The lowest BCUT2D eigenvalue weighted by molar-refractivity contribution is -0.0128. The summed E-state index contributed by atoms with van der Waals surface area (Å²) in [4.78, 5) is 16.1. The van der Waals surface area contributed by atoms with Gasteiger partial charge in [0.1, 0.15) is 11.9 Å². The molecule has 3 rings (SSSR count). The van der Waals surface area contributed by atoms with E-state index in [0.29, 0.717) is 31.8 Å². The third-order valence-corrected chi connectivity index (χ3v) is 3.81. The van der Waals surface area contributed by atoms with Gasteiger partial charge in [0.25, 0.3) is 0 Å². The van der Waals surface area contributed by atoms with Crippen molar-refractivity contribution in [1.29, 1.82) is 0 Å². The molecular weight excluding hydrogens is 294 g/mol. The molecule has 5 heteroatoms. The van der Waals surface area contributed by atoms with Gasteiger partial charge in [0.2, 0.25) is 0 Å². The number of carbonyl (C=O) groups excluding carboxylic acids is 1. The number of ether oxygens (including phenoxy) is 3. The Kier molecular flexibility index (Phi) is 4.88. The van der Waals surface area contributed by atoms with Crippen LogP contribution in [-0.2, 0) is 9.47 Å². The summed E-state index contributed by atoms with van der Waals surface area (Å²) < 4.78 is 16.0. The van der Waals surface area contributed by atoms with Crippen LogP contribution in [0.1, 0.15) is 18.4 Å². The van der Waals surface area contributed by atoms with Crippen molar-refractivity contribution < 1.29 is 19.0 Å². The van der Waals surface area contributed by atoms with E-state index in [1.807, 2.05) is 37.3 Å². The lowest BCUT2D eigenvalue weighted by atomic mass is 10.1. The second-order valence-corrected chi connectivity index (χ2v) is 5.50. The second kappa shape index (κ2) is 7.24. The average Bonchev–Trinajstić information content (AvgIpc) is 2.58. The maximum Gasteiger partial charge on any atom is 0.514 e. The molecule has 0 atom stereocenters. The van der Waals surface area contributed by atoms with Crippen LogP contribution in [0.15, 0.2) is 42.7 Å². The maximum atomic E-state index is 12.0. The van der Waals surface area contributed by atoms with Crippen LogP contribution < -0.4 is 4.74 Å². The van der Waals surface area contributed by atoms with Gasteiger partial charge in [-0.25, -0.2) is 4.79 Å². The first-order chi connectivity index (χ1) is 11.2. The number of rotatable bonds is 3. The Morgan fingerprint density at radius 3 is 2.78 bits per heavy atom. The molecule has 1 aliphatic rings. The van der Waals surface area contributed by atoms with E-state index >= 15 is 0 Å². The Balaban J connectivity index is 1.70. The predicted molar refractivity (Wildman–Crippen MR) is 85.4 cm³/mol. The summed E-state index contributed by atoms with van der Waals surface area (Å²) in [5, 5.41) is 0. The van der Waals surface area contributed by atoms with Crippen LogP contribution in [0, 0.1) is 6.92 Å². The molecule has 1 aromatic heterocycles. The first-order valence-electron chi connectivity index (χ1n) is 7.69. The van der Waals surface area contributed by atoms with Crippen molar-refractivity contribution in [2.24, 2.45) is 0 Å². The molecule has 5 nitrogen and oxygen atoms in total. The summed E-state index contributed by atoms with van der Waals surface area (Å²) >= 11 is 0. The number of carbonyl (C=O) groups is 1. The summed E-state index contributed by atoms with van der Waals surface area (Å²) in [5.74, 6) is 0.503. The number of aryl methyl sites for hydroxylation is 1. The largest absolute Gasteiger partial charge is 0.514 e. The van der Waals surface area contributed by atoms with Gasteiger partial charge < -0.3 is 14.2 Å². The fourth-order valence-corrected chi connectivity index (χ4v) is 2.47. The molecule has 0 bridgehead atoms. The van der Waals surface area contributed by atoms with Gasteiger partial charge in [-0.2, -0.15) is 0 Å². The molecule has 0 saturated carbocycles. The summed E-state index contributed by atoms with van der Waals surface area (Å²) in [6, 6.07) is 9.55. The van der Waals surface area contributed by atoms with E-state index in [1.165, 1.54) is 0 Å². The van der Waals surface area contributed by atoms with E-state index in [1.54, 1.807) is 12.4 Å². The van der Waals surface area contributed by atoms with Crippen molar-refractivity contribution >= 4 is 6.16 Å². The van der Waals surface area contributed by atoms with E-state index in [-0.39, 0.29) is 6.10 Å². The molecule has 1 saturated heterocycles. The summed E-state index contributed by atoms with van der Waals surface area (Å²) in [7, 11) is 0. The monoisotopic (exact) mass is 313 g/mol. The number of pyridine rings is 1. The summed E-state index contributed by atoms with van der Waals surface area (Å²) in [6.07, 6.45) is 4.13. The van der Waals surface area contributed by atoms with E-state index in [2.05, 4.69) is 4.98 Å². The molecule has 2 heterocycles. The average molecular weight is 313 g/mol. The van der Waals surface area contributed by atoms with Gasteiger partial charge in [-0.3, -0.25) is 4.98 Å². The minimum atomic E-state index is -0.664. The van der Waals surface area contributed by atoms with Gasteiger partial charge in [-0.05, 0) is 30.2 Å². The number of hydrogen-bond donors (Lipinski definition) is 0. The molecule has 0 radical (unpaired) electrons. The quantitative estimate of drug-likeness (QED) is 0.638. The van der Waals surface area contributed by atoms with Crippen LogP contribution >= 0.6 is 0 Å². The Hall–Kier alpha value is -2.40. The lowest BCUT2D eigenvalue weighted by Crippen LogP contribution is -2.27. The van der Waals surface area contributed by atoms with Gasteiger partial charge in [0, 0.05) is 30.8 Å². The van der Waals surface area contributed by atoms with Crippen molar-refractivity contribution in [1.82, 2.24) is 4.98 Å². The fraction of sp³-hybridized carbons (Fsp3) is 0.333. The molecule has 1 aliphatic heterocycles. The fourth-order valence-electron chi connectivity index (χ4n) is 2.47. The molecule has 0 unspecified atom stereocenters. The Bertz CT molecular complexity index is 666. The molecule has 0 amide bonds. The summed E-state index contributed by atoms with van der Waals surface area (Å²) in [5.41, 5.74) is 2.79. The highest BCUT2D eigenvalue weighted by Gasteiger charge is 2.20. The Morgan fingerprint density at radius 2 is 2.04 bits per heavy atom. The molecule has 0 aliphatic carbocycles. The Labute approximate surface area is 135 Å². The molecule has 2 aromatic rings. The minimum Gasteiger partial charge on any atom is -0.430 e. The maximum absolute atomic E-state index is 12.0. The molecule has 0 spiro atoms. The van der Waals surface area contributed by atoms with E-state index < -0.39 is 6.16 Å². The van der Waals surface area contributed by atoms with Crippen LogP contribution in [0.2, 0.25) is 0 Å². The first-order valence-corrected chi connectivity index (χ1v) is 7.69. The van der Waals surface area contributed by atoms with Gasteiger partial charge in [0.05, 0.1) is 13.2 Å². The first kappa shape index (κ1) is 15.5. The van der Waals surface area contributed by atoms with Crippen molar-refractivity contribution in [3.05, 3.63) is 48.3 Å². The number of aromatic nitrogens is 1. The van der Waals surface area contributed by atoms with Gasteiger partial charge >= 0.3 is 6.16 Å². The Morgan fingerprint density at radius 1 is 1.22 bits per heavy atom. The van der Waals surface area contributed by atoms with Crippen LogP contribution in [0.25, 0.3) is 11.1 Å². The van der Waals surface area contributed by atoms with E-state index in [9.17, 15) is 4.79 Å². The normalized spacial score (nSPS) is 15.2. The van der Waals surface area contributed by atoms with Crippen molar-refractivity contribution in [3.8, 4) is 16.9 Å². The SMILES string of the molecule is Cc1ccc(-c2cccnc2)cc1OC(=O)OC1CCOCC1. The molecule has 0 N–H and O–H groups in total. The van der Waals surface area contributed by atoms with Crippen molar-refractivity contribution in [2.75, 3.05) is 13.2 Å². The van der Waals surface area contributed by atoms with Crippen LogP contribution in [-0.4, -0.2) is 30.5 Å². The zero-order valence-electron chi connectivity index (χ0n) is 13.0. The smallest absolute Gasteiger partial charge is 0.430 e. The highest BCUT2D eigenvalue weighted by Crippen LogP contribution is 2.27. The van der Waals surface area contributed by atoms with Crippen LogP contribution in [0.3, 0.4) is 0 Å². The second-order valence-electron chi connectivity index (χ2n) is 5.50. The highest BCUT2D eigenvalue weighted by molar-refractivity contribution is 5.69. The van der Waals surface area contributed by atoms with Gasteiger partial charge in [-0.1, -0.05) is 18.2 Å². The van der Waals surface area contributed by atoms with Gasteiger partial charge in [0.15, 0.2) is 0 Å². The number of hydrogen-bond acceptors (Lipinski definition) is 5. The zero-order valence-corrected chi connectivity index (χ0v) is 13.0. The minimum absolute atomic E-state index is 0.127. The molecule has 23 heavy (non-hydrogen) atoms. The van der Waals surface area contributed by atoms with E-state index in [4.69, 9.17) is 14.2 Å². The third-order valence-electron chi connectivity index (χ3n) is 3.81. The molecule has 1 fully saturated rings. The lowest BCUT2D eigenvalue weighted by Gasteiger charge is -2.21. The van der Waals surface area contributed by atoms with Crippen molar-refractivity contribution in [3.63, 3.8) is 0 Å². The van der Waals surface area contributed by atoms with E-state index in [0.717, 1.165) is 16.7 Å².